The number of rotatable bonds is 13. The van der Waals surface area contributed by atoms with Crippen molar-refractivity contribution in [2.45, 2.75) is 91.4 Å². The molecule has 0 fully saturated rings. The lowest BCUT2D eigenvalue weighted by molar-refractivity contribution is -0.134. The van der Waals surface area contributed by atoms with Gasteiger partial charge in [-0.05, 0) is 25.5 Å². The van der Waals surface area contributed by atoms with E-state index in [2.05, 4.69) is 33.0 Å². The molecule has 1 aromatic heterocycles. The predicted molar refractivity (Wildman–Crippen MR) is 136 cm³/mol. The Bertz CT molecular complexity index is 868. The first-order valence-corrected chi connectivity index (χ1v) is 12.5. The standard InChI is InChI=1S/C27H42N4O2/c1-6-8-9-10-11-12-16-19-26(33)30(7-2)21-25(32)28-24-20-23(27(3,4)5)29-31(24)22-17-14-13-15-18-22/h13-15,17-18,20H,6-12,16,19,21H2,1-5H3,(H,28,32). The first-order valence-electron chi connectivity index (χ1n) is 12.5. The quantitative estimate of drug-likeness (QED) is 0.372. The van der Waals surface area contributed by atoms with E-state index in [0.29, 0.717) is 18.8 Å². The summed E-state index contributed by atoms with van der Waals surface area (Å²) in [6.07, 6.45) is 8.71. The van der Waals surface area contributed by atoms with Crippen molar-refractivity contribution in [3.63, 3.8) is 0 Å². The molecule has 6 heteroatoms. The van der Waals surface area contributed by atoms with Crippen LogP contribution in [0.25, 0.3) is 5.69 Å². The number of likely N-dealkylation sites (N-methyl/N-ethyl adjacent to an activating group) is 1. The monoisotopic (exact) mass is 454 g/mol. The van der Waals surface area contributed by atoms with E-state index < -0.39 is 0 Å². The zero-order valence-electron chi connectivity index (χ0n) is 21.2. The first-order chi connectivity index (χ1) is 15.8. The summed E-state index contributed by atoms with van der Waals surface area (Å²) in [4.78, 5) is 27.1. The molecule has 6 nitrogen and oxygen atoms in total. The summed E-state index contributed by atoms with van der Waals surface area (Å²) in [6, 6.07) is 11.7. The Morgan fingerprint density at radius 3 is 2.21 bits per heavy atom. The van der Waals surface area contributed by atoms with E-state index in [1.165, 1.54) is 32.1 Å². The van der Waals surface area contributed by atoms with E-state index >= 15 is 0 Å². The second-order valence-corrected chi connectivity index (χ2v) is 9.74. The summed E-state index contributed by atoms with van der Waals surface area (Å²) < 4.78 is 1.76. The minimum absolute atomic E-state index is 0.0492. The number of hydrogen-bond donors (Lipinski definition) is 1. The number of carbonyl (C=O) groups is 2. The lowest BCUT2D eigenvalue weighted by Crippen LogP contribution is -2.38. The molecule has 0 spiro atoms. The van der Waals surface area contributed by atoms with Crippen LogP contribution in [0, 0.1) is 0 Å². The number of carbonyl (C=O) groups excluding carboxylic acids is 2. The molecule has 1 N–H and O–H groups in total. The molecule has 1 aromatic carbocycles. The Hall–Kier alpha value is -2.63. The lowest BCUT2D eigenvalue weighted by atomic mass is 9.92. The number of aromatic nitrogens is 2. The second-order valence-electron chi connectivity index (χ2n) is 9.74. The van der Waals surface area contributed by atoms with Gasteiger partial charge in [0.25, 0.3) is 0 Å². The molecule has 182 valence electrons. The van der Waals surface area contributed by atoms with Gasteiger partial charge >= 0.3 is 0 Å². The van der Waals surface area contributed by atoms with Gasteiger partial charge in [0.15, 0.2) is 0 Å². The molecule has 2 amide bonds. The van der Waals surface area contributed by atoms with Gasteiger partial charge in [0, 0.05) is 24.4 Å². The Morgan fingerprint density at radius 2 is 1.61 bits per heavy atom. The molecule has 1 heterocycles. The molecule has 2 rings (SSSR count). The molecule has 0 aliphatic rings. The summed E-state index contributed by atoms with van der Waals surface area (Å²) in [5, 5.41) is 7.72. The van der Waals surface area contributed by atoms with E-state index in [4.69, 9.17) is 5.10 Å². The van der Waals surface area contributed by atoms with E-state index in [1.54, 1.807) is 9.58 Å². The SMILES string of the molecule is CCCCCCCCCC(=O)N(CC)CC(=O)Nc1cc(C(C)(C)C)nn1-c1ccccc1. The van der Waals surface area contributed by atoms with Crippen LogP contribution in [0.3, 0.4) is 0 Å². The molecule has 0 saturated heterocycles. The van der Waals surface area contributed by atoms with Crippen LogP contribution >= 0.6 is 0 Å². The van der Waals surface area contributed by atoms with Crippen molar-refractivity contribution < 1.29 is 9.59 Å². The van der Waals surface area contributed by atoms with Crippen LogP contribution in [0.15, 0.2) is 36.4 Å². The number of amides is 2. The third-order valence-corrected chi connectivity index (χ3v) is 5.81. The van der Waals surface area contributed by atoms with E-state index in [-0.39, 0.29) is 23.8 Å². The molecule has 0 bridgehead atoms. The van der Waals surface area contributed by atoms with Gasteiger partial charge in [0.2, 0.25) is 11.8 Å². The smallest absolute Gasteiger partial charge is 0.245 e. The number of benzene rings is 1. The molecule has 2 aromatic rings. The summed E-state index contributed by atoms with van der Waals surface area (Å²) in [7, 11) is 0. The highest BCUT2D eigenvalue weighted by molar-refractivity contribution is 5.94. The predicted octanol–water partition coefficient (Wildman–Crippen LogP) is 6.10. The van der Waals surface area contributed by atoms with Crippen LogP contribution < -0.4 is 5.32 Å². The van der Waals surface area contributed by atoms with Crippen molar-refractivity contribution >= 4 is 17.6 Å². The number of unbranched alkanes of at least 4 members (excludes halogenated alkanes) is 6. The Morgan fingerprint density at radius 1 is 0.970 bits per heavy atom. The number of nitrogens with zero attached hydrogens (tertiary/aromatic N) is 3. The highest BCUT2D eigenvalue weighted by atomic mass is 16.2. The van der Waals surface area contributed by atoms with Crippen LogP contribution in [0.2, 0.25) is 0 Å². The Kier molecular flexibility index (Phi) is 10.6. The van der Waals surface area contributed by atoms with Crippen LogP contribution in [-0.4, -0.2) is 39.6 Å². The zero-order chi connectivity index (χ0) is 24.3. The molecule has 0 aliphatic heterocycles. The van der Waals surface area contributed by atoms with Crippen LogP contribution in [0.5, 0.6) is 0 Å². The lowest BCUT2D eigenvalue weighted by Gasteiger charge is -2.20. The van der Waals surface area contributed by atoms with Gasteiger partial charge in [-0.1, -0.05) is 84.4 Å². The Labute approximate surface area is 199 Å². The van der Waals surface area contributed by atoms with E-state index in [9.17, 15) is 9.59 Å². The number of para-hydroxylation sites is 1. The normalized spacial score (nSPS) is 11.4. The molecule has 0 saturated carbocycles. The maximum atomic E-state index is 12.9. The highest BCUT2D eigenvalue weighted by Crippen LogP contribution is 2.26. The molecule has 0 atom stereocenters. The first kappa shape index (κ1) is 26.6. The molecule has 0 aliphatic carbocycles. The van der Waals surface area contributed by atoms with Crippen molar-refractivity contribution in [2.75, 3.05) is 18.4 Å². The fourth-order valence-corrected chi connectivity index (χ4v) is 3.73. The third-order valence-electron chi connectivity index (χ3n) is 5.81. The summed E-state index contributed by atoms with van der Waals surface area (Å²) in [6.45, 7) is 11.0. The molecular weight excluding hydrogens is 412 g/mol. The maximum Gasteiger partial charge on any atom is 0.245 e. The summed E-state index contributed by atoms with van der Waals surface area (Å²) in [5.74, 6) is 0.460. The number of hydrogen-bond acceptors (Lipinski definition) is 3. The summed E-state index contributed by atoms with van der Waals surface area (Å²) >= 11 is 0. The third kappa shape index (κ3) is 8.67. The van der Waals surface area contributed by atoms with Gasteiger partial charge in [0.05, 0.1) is 17.9 Å². The fourth-order valence-electron chi connectivity index (χ4n) is 3.73. The molecule has 0 radical (unpaired) electrons. The van der Waals surface area contributed by atoms with Crippen molar-refractivity contribution in [3.05, 3.63) is 42.1 Å². The minimum Gasteiger partial charge on any atom is -0.334 e. The molecule has 33 heavy (non-hydrogen) atoms. The van der Waals surface area contributed by atoms with Crippen LogP contribution in [0.4, 0.5) is 5.82 Å². The van der Waals surface area contributed by atoms with Crippen molar-refractivity contribution in [1.29, 1.82) is 0 Å². The largest absolute Gasteiger partial charge is 0.334 e. The zero-order valence-corrected chi connectivity index (χ0v) is 21.2. The highest BCUT2D eigenvalue weighted by Gasteiger charge is 2.22. The van der Waals surface area contributed by atoms with Crippen molar-refractivity contribution in [1.82, 2.24) is 14.7 Å². The van der Waals surface area contributed by atoms with E-state index in [0.717, 1.165) is 24.2 Å². The second kappa shape index (κ2) is 13.2. The van der Waals surface area contributed by atoms with Gasteiger partial charge in [-0.3, -0.25) is 9.59 Å². The number of nitrogens with one attached hydrogen (secondary N) is 1. The van der Waals surface area contributed by atoms with Crippen molar-refractivity contribution in [3.8, 4) is 5.69 Å². The minimum atomic E-state index is -0.206. The molecule has 0 unspecified atom stereocenters. The van der Waals surface area contributed by atoms with Gasteiger partial charge in [-0.2, -0.15) is 5.10 Å². The summed E-state index contributed by atoms with van der Waals surface area (Å²) in [5.41, 5.74) is 1.62. The van der Waals surface area contributed by atoms with Crippen LogP contribution in [0.1, 0.15) is 91.7 Å². The van der Waals surface area contributed by atoms with Gasteiger partial charge < -0.3 is 10.2 Å². The van der Waals surface area contributed by atoms with Gasteiger partial charge in [0.1, 0.15) is 5.82 Å². The average molecular weight is 455 g/mol. The Balaban J connectivity index is 1.96. The van der Waals surface area contributed by atoms with Crippen LogP contribution in [-0.2, 0) is 15.0 Å². The van der Waals surface area contributed by atoms with E-state index in [1.807, 2.05) is 43.3 Å². The number of anilines is 1. The maximum absolute atomic E-state index is 12.9. The molecular formula is C27H42N4O2. The van der Waals surface area contributed by atoms with Gasteiger partial charge in [-0.15, -0.1) is 0 Å². The average Bonchev–Trinajstić information content (AvgIpc) is 3.21. The van der Waals surface area contributed by atoms with Crippen molar-refractivity contribution in [2.24, 2.45) is 0 Å². The fraction of sp³-hybridized carbons (Fsp3) is 0.593. The van der Waals surface area contributed by atoms with Gasteiger partial charge in [-0.25, -0.2) is 4.68 Å². The topological polar surface area (TPSA) is 67.2 Å².